The van der Waals surface area contributed by atoms with Gasteiger partial charge in [-0.25, -0.2) is 8.78 Å². The van der Waals surface area contributed by atoms with Crippen LogP contribution in [0.5, 0.6) is 0 Å². The summed E-state index contributed by atoms with van der Waals surface area (Å²) in [6.07, 6.45) is 0. The molecule has 0 aliphatic carbocycles. The first-order valence-corrected chi connectivity index (χ1v) is 5.66. The van der Waals surface area contributed by atoms with Crippen LogP contribution in [-0.2, 0) is 4.65 Å². The van der Waals surface area contributed by atoms with Gasteiger partial charge in [-0.15, -0.1) is 0 Å². The molecular weight excluding hydrogens is 233 g/mol. The van der Waals surface area contributed by atoms with E-state index in [-0.39, 0.29) is 18.6 Å². The van der Waals surface area contributed by atoms with Gasteiger partial charge in [0.1, 0.15) is 11.6 Å². The molecule has 2 rings (SSSR count). The molecule has 1 nitrogen and oxygen atoms in total. The van der Waals surface area contributed by atoms with Crippen LogP contribution >= 0.6 is 0 Å². The fourth-order valence-corrected chi connectivity index (χ4v) is 2.01. The van der Waals surface area contributed by atoms with Crippen LogP contribution in [0.25, 0.3) is 0 Å². The van der Waals surface area contributed by atoms with Crippen molar-refractivity contribution in [2.45, 2.75) is 6.92 Å². The number of hydrogen-bond donors (Lipinski definition) is 0. The van der Waals surface area contributed by atoms with Crippen LogP contribution in [0.1, 0.15) is 5.56 Å². The van der Waals surface area contributed by atoms with E-state index < -0.39 is 0 Å². The van der Waals surface area contributed by atoms with Crippen molar-refractivity contribution in [3.05, 3.63) is 59.7 Å². The summed E-state index contributed by atoms with van der Waals surface area (Å²) in [4.78, 5) is 0. The molecule has 0 N–H and O–H groups in total. The number of aryl methyl sites for hydroxylation is 1. The lowest BCUT2D eigenvalue weighted by Crippen LogP contribution is -2.45. The van der Waals surface area contributed by atoms with Gasteiger partial charge in [-0.2, -0.15) is 0 Å². The second-order valence-corrected chi connectivity index (χ2v) is 4.17. The number of rotatable bonds is 3. The zero-order valence-corrected chi connectivity index (χ0v) is 10.3. The van der Waals surface area contributed by atoms with E-state index >= 15 is 0 Å². The number of halogens is 2. The van der Waals surface area contributed by atoms with E-state index in [1.807, 2.05) is 6.92 Å². The maximum absolute atomic E-state index is 13.1. The van der Waals surface area contributed by atoms with Crippen LogP contribution in [0.3, 0.4) is 0 Å². The number of benzene rings is 2. The van der Waals surface area contributed by atoms with Crippen molar-refractivity contribution in [3.63, 3.8) is 0 Å². The molecule has 0 amide bonds. The molecule has 2 aromatic rings. The predicted octanol–water partition coefficient (Wildman–Crippen LogP) is 2.03. The molecule has 0 unspecified atom stereocenters. The molecule has 0 aliphatic rings. The number of hydrogen-bond acceptors (Lipinski definition) is 1. The van der Waals surface area contributed by atoms with Crippen molar-refractivity contribution >= 4 is 17.8 Å². The van der Waals surface area contributed by atoms with Gasteiger partial charge in [-0.1, -0.05) is 23.8 Å². The van der Waals surface area contributed by atoms with Gasteiger partial charge >= 0.3 is 6.92 Å². The largest absolute Gasteiger partial charge is 0.430 e. The van der Waals surface area contributed by atoms with Gasteiger partial charge < -0.3 is 4.65 Å². The van der Waals surface area contributed by atoms with Gasteiger partial charge in [0.2, 0.25) is 0 Å². The Morgan fingerprint density at radius 1 is 0.944 bits per heavy atom. The summed E-state index contributed by atoms with van der Waals surface area (Å²) in [6.45, 7) is 1.51. The lowest BCUT2D eigenvalue weighted by atomic mass is 9.54. The first kappa shape index (κ1) is 12.8. The lowest BCUT2D eigenvalue weighted by Gasteiger charge is -2.14. The normalized spacial score (nSPS) is 10.4. The Morgan fingerprint density at radius 3 is 2.11 bits per heavy atom. The molecule has 0 spiro atoms. The summed E-state index contributed by atoms with van der Waals surface area (Å²) in [5.74, 6) is -0.561. The summed E-state index contributed by atoms with van der Waals surface area (Å²) in [7, 11) is 1.58. The minimum absolute atomic E-state index is 0.273. The monoisotopic (exact) mass is 246 g/mol. The van der Waals surface area contributed by atoms with Gasteiger partial charge in [0.15, 0.2) is 0 Å². The summed E-state index contributed by atoms with van der Waals surface area (Å²) in [5.41, 5.74) is 2.53. The molecule has 4 heteroatoms. The Morgan fingerprint density at radius 2 is 1.56 bits per heavy atom. The third-order valence-electron chi connectivity index (χ3n) is 2.92. The molecule has 0 aromatic heterocycles. The van der Waals surface area contributed by atoms with Crippen molar-refractivity contribution in [3.8, 4) is 0 Å². The highest BCUT2D eigenvalue weighted by atomic mass is 19.1. The van der Waals surface area contributed by atoms with Crippen LogP contribution in [0.2, 0.25) is 0 Å². The van der Waals surface area contributed by atoms with E-state index in [1.54, 1.807) is 25.3 Å². The van der Waals surface area contributed by atoms with Crippen molar-refractivity contribution in [2.24, 2.45) is 0 Å². The molecule has 92 valence electrons. The van der Waals surface area contributed by atoms with E-state index in [2.05, 4.69) is 0 Å². The SMILES string of the molecule is COB(c1ccc(F)cc1)c1ccc(F)cc1C. The van der Waals surface area contributed by atoms with E-state index in [0.717, 1.165) is 16.5 Å². The Hall–Kier alpha value is -1.68. The lowest BCUT2D eigenvalue weighted by molar-refractivity contribution is 0.439. The minimum Gasteiger partial charge on any atom is -0.430 e. The Kier molecular flexibility index (Phi) is 3.77. The van der Waals surface area contributed by atoms with E-state index in [9.17, 15) is 8.78 Å². The molecular formula is C14H13BF2O. The fourth-order valence-electron chi connectivity index (χ4n) is 2.01. The maximum Gasteiger partial charge on any atom is 0.361 e. The van der Waals surface area contributed by atoms with Crippen LogP contribution in [0.4, 0.5) is 8.78 Å². The third-order valence-corrected chi connectivity index (χ3v) is 2.92. The molecule has 18 heavy (non-hydrogen) atoms. The van der Waals surface area contributed by atoms with Crippen molar-refractivity contribution in [2.75, 3.05) is 7.11 Å². The van der Waals surface area contributed by atoms with Crippen molar-refractivity contribution < 1.29 is 13.4 Å². The zero-order valence-electron chi connectivity index (χ0n) is 10.3. The average molecular weight is 246 g/mol. The summed E-state index contributed by atoms with van der Waals surface area (Å²) < 4.78 is 31.4. The molecule has 0 heterocycles. The maximum atomic E-state index is 13.1. The highest BCUT2D eigenvalue weighted by molar-refractivity contribution is 6.80. The summed E-state index contributed by atoms with van der Waals surface area (Å²) in [6, 6.07) is 10.7. The molecule has 2 aromatic carbocycles. The second kappa shape index (κ2) is 5.31. The summed E-state index contributed by atoms with van der Waals surface area (Å²) in [5, 5.41) is 0. The minimum atomic E-state index is -0.314. The molecule has 0 fully saturated rings. The van der Waals surface area contributed by atoms with Gasteiger partial charge in [-0.05, 0) is 42.1 Å². The first-order chi connectivity index (χ1) is 8.61. The fraction of sp³-hybridized carbons (Fsp3) is 0.143. The highest BCUT2D eigenvalue weighted by Crippen LogP contribution is 2.03. The topological polar surface area (TPSA) is 9.23 Å². The standard InChI is InChI=1S/C14H13BF2O/c1-10-9-13(17)7-8-14(10)15(18-2)11-3-5-12(16)6-4-11/h3-9H,1-2H3. The average Bonchev–Trinajstić information content (AvgIpc) is 2.35. The molecule has 0 saturated heterocycles. The van der Waals surface area contributed by atoms with Crippen molar-refractivity contribution in [1.82, 2.24) is 0 Å². The van der Waals surface area contributed by atoms with E-state index in [0.29, 0.717) is 0 Å². The van der Waals surface area contributed by atoms with Crippen LogP contribution in [0, 0.1) is 18.6 Å². The Bertz CT molecular complexity index is 540. The van der Waals surface area contributed by atoms with Crippen molar-refractivity contribution in [1.29, 1.82) is 0 Å². The molecule has 0 aliphatic heterocycles. The Labute approximate surface area is 106 Å². The first-order valence-electron chi connectivity index (χ1n) is 5.66. The molecule has 0 saturated carbocycles. The quantitative estimate of drug-likeness (QED) is 0.753. The van der Waals surface area contributed by atoms with Gasteiger partial charge in [0, 0.05) is 7.11 Å². The molecule has 0 bridgehead atoms. The molecule has 0 atom stereocenters. The smallest absolute Gasteiger partial charge is 0.361 e. The van der Waals surface area contributed by atoms with Gasteiger partial charge in [0.05, 0.1) is 0 Å². The second-order valence-electron chi connectivity index (χ2n) is 4.17. The highest BCUT2D eigenvalue weighted by Gasteiger charge is 2.21. The van der Waals surface area contributed by atoms with Gasteiger partial charge in [-0.3, -0.25) is 0 Å². The van der Waals surface area contributed by atoms with E-state index in [4.69, 9.17) is 4.65 Å². The van der Waals surface area contributed by atoms with Crippen LogP contribution < -0.4 is 10.9 Å². The van der Waals surface area contributed by atoms with Gasteiger partial charge in [0.25, 0.3) is 0 Å². The van der Waals surface area contributed by atoms with Crippen LogP contribution in [0.15, 0.2) is 42.5 Å². The predicted molar refractivity (Wildman–Crippen MR) is 69.6 cm³/mol. The third kappa shape index (κ3) is 2.59. The van der Waals surface area contributed by atoms with E-state index in [1.165, 1.54) is 24.3 Å². The van der Waals surface area contributed by atoms with Crippen LogP contribution in [-0.4, -0.2) is 14.0 Å². The Balaban J connectivity index is 2.41. The molecule has 0 radical (unpaired) electrons. The zero-order chi connectivity index (χ0) is 13.1. The summed E-state index contributed by atoms with van der Waals surface area (Å²) >= 11 is 0.